The molecule has 0 radical (unpaired) electrons. The van der Waals surface area contributed by atoms with E-state index in [1.54, 1.807) is 17.9 Å². The van der Waals surface area contributed by atoms with Crippen molar-refractivity contribution in [3.05, 3.63) is 28.9 Å². The molecule has 21 heavy (non-hydrogen) atoms. The van der Waals surface area contributed by atoms with Gasteiger partial charge in [0.1, 0.15) is 12.3 Å². The van der Waals surface area contributed by atoms with Crippen LogP contribution in [0.4, 0.5) is 0 Å². The van der Waals surface area contributed by atoms with E-state index in [2.05, 4.69) is 15.5 Å². The highest BCUT2D eigenvalue weighted by atomic mass is 16.5. The molecule has 0 amide bonds. The highest BCUT2D eigenvalue weighted by Crippen LogP contribution is 2.19. The van der Waals surface area contributed by atoms with Crippen molar-refractivity contribution < 1.29 is 18.8 Å². The zero-order valence-electron chi connectivity index (χ0n) is 12.5. The highest BCUT2D eigenvalue weighted by molar-refractivity contribution is 5.88. The molecule has 0 aromatic carbocycles. The first-order valence-corrected chi connectivity index (χ1v) is 6.51. The summed E-state index contributed by atoms with van der Waals surface area (Å²) in [6.07, 6.45) is 0. The SMILES string of the molecule is COCc1cc(Cn2nnc(C(=O)OC)c2C(C)C)no1. The number of carbonyl (C=O) groups is 1. The molecule has 2 heterocycles. The Bertz CT molecular complexity index is 617. The average molecular weight is 294 g/mol. The lowest BCUT2D eigenvalue weighted by Gasteiger charge is -2.08. The normalized spacial score (nSPS) is 11.1. The van der Waals surface area contributed by atoms with E-state index >= 15 is 0 Å². The molecule has 0 aliphatic heterocycles. The summed E-state index contributed by atoms with van der Waals surface area (Å²) < 4.78 is 16.5. The fourth-order valence-electron chi connectivity index (χ4n) is 2.04. The van der Waals surface area contributed by atoms with Gasteiger partial charge in [0.05, 0.1) is 19.3 Å². The van der Waals surface area contributed by atoms with Gasteiger partial charge in [-0.05, 0) is 5.92 Å². The monoisotopic (exact) mass is 294 g/mol. The van der Waals surface area contributed by atoms with Crippen LogP contribution in [0.1, 0.15) is 47.4 Å². The Balaban J connectivity index is 2.26. The van der Waals surface area contributed by atoms with Crippen LogP contribution in [0.5, 0.6) is 0 Å². The molecule has 0 saturated carbocycles. The van der Waals surface area contributed by atoms with E-state index in [4.69, 9.17) is 14.0 Å². The summed E-state index contributed by atoms with van der Waals surface area (Å²) >= 11 is 0. The van der Waals surface area contributed by atoms with Crippen LogP contribution in [0.15, 0.2) is 10.6 Å². The molecule has 0 aliphatic carbocycles. The number of methoxy groups -OCH3 is 2. The Labute approximate surface area is 122 Å². The first-order valence-electron chi connectivity index (χ1n) is 6.51. The molecule has 2 aromatic heterocycles. The van der Waals surface area contributed by atoms with Crippen molar-refractivity contribution >= 4 is 5.97 Å². The van der Waals surface area contributed by atoms with Crippen molar-refractivity contribution in [3.8, 4) is 0 Å². The molecule has 114 valence electrons. The first-order chi connectivity index (χ1) is 10.1. The zero-order valence-corrected chi connectivity index (χ0v) is 12.5. The molecular formula is C13H18N4O4. The third kappa shape index (κ3) is 3.27. The number of hydrogen-bond donors (Lipinski definition) is 0. The Morgan fingerprint density at radius 3 is 2.81 bits per heavy atom. The molecule has 0 fully saturated rings. The van der Waals surface area contributed by atoms with Crippen molar-refractivity contribution in [2.75, 3.05) is 14.2 Å². The fraction of sp³-hybridized carbons (Fsp3) is 0.538. The summed E-state index contributed by atoms with van der Waals surface area (Å²) in [7, 11) is 2.90. The summed E-state index contributed by atoms with van der Waals surface area (Å²) in [4.78, 5) is 11.7. The summed E-state index contributed by atoms with van der Waals surface area (Å²) in [6.45, 7) is 4.64. The predicted octanol–water partition coefficient (Wildman–Crippen LogP) is 1.37. The average Bonchev–Trinajstić information content (AvgIpc) is 3.06. The lowest BCUT2D eigenvalue weighted by atomic mass is 10.1. The van der Waals surface area contributed by atoms with Gasteiger partial charge in [-0.1, -0.05) is 24.2 Å². The maximum absolute atomic E-state index is 11.7. The standard InChI is InChI=1S/C13H18N4O4/c1-8(2)12-11(13(18)20-4)14-16-17(12)6-9-5-10(7-19-3)21-15-9/h5,8H,6-7H2,1-4H3. The van der Waals surface area contributed by atoms with Gasteiger partial charge in [-0.15, -0.1) is 5.10 Å². The van der Waals surface area contributed by atoms with E-state index in [0.29, 0.717) is 30.3 Å². The molecule has 2 aromatic rings. The minimum absolute atomic E-state index is 0.0689. The third-order valence-corrected chi connectivity index (χ3v) is 2.91. The second-order valence-corrected chi connectivity index (χ2v) is 4.84. The molecular weight excluding hydrogens is 276 g/mol. The molecule has 0 spiro atoms. The van der Waals surface area contributed by atoms with Gasteiger partial charge in [0.25, 0.3) is 0 Å². The van der Waals surface area contributed by atoms with Crippen LogP contribution < -0.4 is 0 Å². The maximum atomic E-state index is 11.7. The lowest BCUT2D eigenvalue weighted by molar-refractivity contribution is 0.0592. The Morgan fingerprint density at radius 2 is 2.19 bits per heavy atom. The molecule has 0 saturated heterocycles. The van der Waals surface area contributed by atoms with Gasteiger partial charge in [-0.3, -0.25) is 0 Å². The van der Waals surface area contributed by atoms with Gasteiger partial charge in [0.2, 0.25) is 0 Å². The molecule has 0 aliphatic rings. The van der Waals surface area contributed by atoms with Gasteiger partial charge in [0.15, 0.2) is 11.5 Å². The van der Waals surface area contributed by atoms with Crippen molar-refractivity contribution in [3.63, 3.8) is 0 Å². The summed E-state index contributed by atoms with van der Waals surface area (Å²) in [5, 5.41) is 11.9. The van der Waals surface area contributed by atoms with E-state index in [1.807, 2.05) is 13.8 Å². The number of rotatable bonds is 6. The van der Waals surface area contributed by atoms with Gasteiger partial charge >= 0.3 is 5.97 Å². The second kappa shape index (κ2) is 6.49. The first kappa shape index (κ1) is 15.2. The number of hydrogen-bond acceptors (Lipinski definition) is 7. The molecule has 8 heteroatoms. The largest absolute Gasteiger partial charge is 0.464 e. The fourth-order valence-corrected chi connectivity index (χ4v) is 2.04. The Hall–Kier alpha value is -2.22. The van der Waals surface area contributed by atoms with Gasteiger partial charge in [-0.2, -0.15) is 0 Å². The summed E-state index contributed by atoms with van der Waals surface area (Å²) in [6, 6.07) is 1.78. The number of carbonyl (C=O) groups excluding carboxylic acids is 1. The summed E-state index contributed by atoms with van der Waals surface area (Å²) in [5.41, 5.74) is 1.62. The van der Waals surface area contributed by atoms with Crippen molar-refractivity contribution in [1.29, 1.82) is 0 Å². The highest BCUT2D eigenvalue weighted by Gasteiger charge is 2.23. The van der Waals surface area contributed by atoms with Crippen LogP contribution in [0.25, 0.3) is 0 Å². The lowest BCUT2D eigenvalue weighted by Crippen LogP contribution is -2.12. The van der Waals surface area contributed by atoms with Crippen molar-refractivity contribution in [2.24, 2.45) is 0 Å². The quantitative estimate of drug-likeness (QED) is 0.743. The van der Waals surface area contributed by atoms with Crippen LogP contribution in [0.3, 0.4) is 0 Å². The molecule has 8 nitrogen and oxygen atoms in total. The van der Waals surface area contributed by atoms with Crippen molar-refractivity contribution in [1.82, 2.24) is 20.2 Å². The Morgan fingerprint density at radius 1 is 1.43 bits per heavy atom. The number of nitrogens with zero attached hydrogens (tertiary/aromatic N) is 4. The number of esters is 1. The molecule has 0 N–H and O–H groups in total. The van der Waals surface area contributed by atoms with Crippen LogP contribution in [0, 0.1) is 0 Å². The molecule has 0 unspecified atom stereocenters. The maximum Gasteiger partial charge on any atom is 0.360 e. The van der Waals surface area contributed by atoms with E-state index in [0.717, 1.165) is 0 Å². The van der Waals surface area contributed by atoms with E-state index in [1.165, 1.54) is 7.11 Å². The van der Waals surface area contributed by atoms with E-state index in [9.17, 15) is 4.79 Å². The van der Waals surface area contributed by atoms with Gasteiger partial charge in [-0.25, -0.2) is 9.48 Å². The van der Waals surface area contributed by atoms with Crippen molar-refractivity contribution in [2.45, 2.75) is 32.9 Å². The van der Waals surface area contributed by atoms with Gasteiger partial charge < -0.3 is 14.0 Å². The summed E-state index contributed by atoms with van der Waals surface area (Å²) in [5.74, 6) is 0.205. The minimum Gasteiger partial charge on any atom is -0.464 e. The number of ether oxygens (including phenoxy) is 2. The smallest absolute Gasteiger partial charge is 0.360 e. The minimum atomic E-state index is -0.495. The van der Waals surface area contributed by atoms with E-state index in [-0.39, 0.29) is 11.6 Å². The van der Waals surface area contributed by atoms with Crippen LogP contribution >= 0.6 is 0 Å². The molecule has 0 bridgehead atoms. The van der Waals surface area contributed by atoms with Crippen LogP contribution in [-0.4, -0.2) is 40.3 Å². The van der Waals surface area contributed by atoms with Crippen LogP contribution in [-0.2, 0) is 22.6 Å². The predicted molar refractivity (Wildman–Crippen MR) is 71.8 cm³/mol. The topological polar surface area (TPSA) is 92.3 Å². The Kier molecular flexibility index (Phi) is 4.69. The third-order valence-electron chi connectivity index (χ3n) is 2.91. The number of aromatic nitrogens is 4. The zero-order chi connectivity index (χ0) is 15.4. The van der Waals surface area contributed by atoms with Gasteiger partial charge in [0, 0.05) is 13.2 Å². The molecule has 0 atom stereocenters. The van der Waals surface area contributed by atoms with E-state index < -0.39 is 5.97 Å². The molecule has 2 rings (SSSR count). The van der Waals surface area contributed by atoms with Crippen LogP contribution in [0.2, 0.25) is 0 Å². The second-order valence-electron chi connectivity index (χ2n) is 4.84.